The maximum Gasteiger partial charge on any atom is 0.189 e. The van der Waals surface area contributed by atoms with E-state index in [-0.39, 0.29) is 11.0 Å². The summed E-state index contributed by atoms with van der Waals surface area (Å²) in [6, 6.07) is 10.2. The highest BCUT2D eigenvalue weighted by Crippen LogP contribution is 2.21. The highest BCUT2D eigenvalue weighted by Gasteiger charge is 2.16. The molecule has 0 aliphatic carbocycles. The number of rotatable bonds is 8. The first-order chi connectivity index (χ1) is 9.71. The lowest BCUT2D eigenvalue weighted by Crippen LogP contribution is -2.09. The Morgan fingerprint density at radius 1 is 1.30 bits per heavy atom. The number of hydrogen-bond acceptors (Lipinski definition) is 3. The minimum atomic E-state index is 0.0641. The molecule has 3 heteroatoms. The second-order valence-electron chi connectivity index (χ2n) is 4.67. The SMILES string of the molecule is CC=C(C=O)C(CC)CC(=O)SCCc1ccccc1. The van der Waals surface area contributed by atoms with E-state index in [2.05, 4.69) is 12.1 Å². The van der Waals surface area contributed by atoms with Gasteiger partial charge in [-0.15, -0.1) is 0 Å². The summed E-state index contributed by atoms with van der Waals surface area (Å²) in [5, 5.41) is 0.175. The fourth-order valence-corrected chi connectivity index (χ4v) is 2.97. The quantitative estimate of drug-likeness (QED) is 0.535. The Morgan fingerprint density at radius 3 is 2.55 bits per heavy atom. The first-order valence-corrected chi connectivity index (χ1v) is 8.00. The van der Waals surface area contributed by atoms with Gasteiger partial charge in [0.25, 0.3) is 0 Å². The number of carbonyl (C=O) groups is 2. The molecule has 108 valence electrons. The first kappa shape index (κ1) is 16.7. The van der Waals surface area contributed by atoms with E-state index in [0.717, 1.165) is 30.5 Å². The molecule has 0 aliphatic rings. The van der Waals surface area contributed by atoms with Gasteiger partial charge < -0.3 is 0 Å². The fraction of sp³-hybridized carbons (Fsp3) is 0.412. The van der Waals surface area contributed by atoms with E-state index in [0.29, 0.717) is 6.42 Å². The smallest absolute Gasteiger partial charge is 0.189 e. The molecule has 1 atom stereocenters. The second kappa shape index (κ2) is 9.54. The maximum atomic E-state index is 12.0. The van der Waals surface area contributed by atoms with Crippen molar-refractivity contribution in [1.82, 2.24) is 0 Å². The molecule has 0 N–H and O–H groups in total. The molecular formula is C17H22O2S. The van der Waals surface area contributed by atoms with Crippen molar-refractivity contribution in [3.63, 3.8) is 0 Å². The molecule has 1 aromatic rings. The summed E-state index contributed by atoms with van der Waals surface area (Å²) in [5.41, 5.74) is 1.99. The van der Waals surface area contributed by atoms with Crippen molar-refractivity contribution in [2.24, 2.45) is 5.92 Å². The van der Waals surface area contributed by atoms with Gasteiger partial charge in [-0.1, -0.05) is 55.1 Å². The van der Waals surface area contributed by atoms with Crippen LogP contribution in [0.25, 0.3) is 0 Å². The Bertz CT molecular complexity index is 451. The summed E-state index contributed by atoms with van der Waals surface area (Å²) in [5.74, 6) is 0.861. The molecule has 0 amide bonds. The monoisotopic (exact) mass is 290 g/mol. The number of allylic oxidation sites excluding steroid dienone is 2. The highest BCUT2D eigenvalue weighted by molar-refractivity contribution is 8.13. The molecule has 0 fully saturated rings. The molecular weight excluding hydrogens is 268 g/mol. The largest absolute Gasteiger partial charge is 0.298 e. The van der Waals surface area contributed by atoms with Crippen molar-refractivity contribution in [2.75, 3.05) is 5.75 Å². The molecule has 0 heterocycles. The minimum absolute atomic E-state index is 0.0641. The lowest BCUT2D eigenvalue weighted by Gasteiger charge is -2.13. The van der Waals surface area contributed by atoms with Gasteiger partial charge in [0.2, 0.25) is 0 Å². The highest BCUT2D eigenvalue weighted by atomic mass is 32.2. The molecule has 0 aliphatic heterocycles. The summed E-state index contributed by atoms with van der Waals surface area (Å²) in [4.78, 5) is 22.9. The second-order valence-corrected chi connectivity index (χ2v) is 5.82. The van der Waals surface area contributed by atoms with Crippen LogP contribution in [0.4, 0.5) is 0 Å². The number of thioether (sulfide) groups is 1. The number of aryl methyl sites for hydroxylation is 1. The topological polar surface area (TPSA) is 34.1 Å². The van der Waals surface area contributed by atoms with Gasteiger partial charge in [0.15, 0.2) is 5.12 Å². The molecule has 0 saturated carbocycles. The Hall–Kier alpha value is -1.35. The average Bonchev–Trinajstić information content (AvgIpc) is 2.48. The van der Waals surface area contributed by atoms with Crippen LogP contribution in [0.1, 0.15) is 32.3 Å². The third kappa shape index (κ3) is 5.74. The van der Waals surface area contributed by atoms with E-state index in [1.54, 1.807) is 0 Å². The van der Waals surface area contributed by atoms with E-state index in [9.17, 15) is 9.59 Å². The third-order valence-electron chi connectivity index (χ3n) is 3.34. The molecule has 1 unspecified atom stereocenters. The van der Waals surface area contributed by atoms with Gasteiger partial charge in [-0.05, 0) is 36.8 Å². The van der Waals surface area contributed by atoms with Crippen LogP contribution in [0.15, 0.2) is 42.0 Å². The molecule has 0 aromatic heterocycles. The van der Waals surface area contributed by atoms with Crippen molar-refractivity contribution in [3.8, 4) is 0 Å². The van der Waals surface area contributed by atoms with Crippen LogP contribution in [-0.4, -0.2) is 17.2 Å². The van der Waals surface area contributed by atoms with Crippen LogP contribution in [0.3, 0.4) is 0 Å². The maximum absolute atomic E-state index is 12.0. The molecule has 0 radical (unpaired) electrons. The minimum Gasteiger partial charge on any atom is -0.298 e. The van der Waals surface area contributed by atoms with Gasteiger partial charge in [0, 0.05) is 12.2 Å². The summed E-state index contributed by atoms with van der Waals surface area (Å²) >= 11 is 1.37. The predicted molar refractivity (Wildman–Crippen MR) is 85.8 cm³/mol. The molecule has 1 aromatic carbocycles. The summed E-state index contributed by atoms with van der Waals surface area (Å²) in [6.07, 6.45) is 4.86. The van der Waals surface area contributed by atoms with Gasteiger partial charge in [0.1, 0.15) is 6.29 Å². The molecule has 0 bridgehead atoms. The number of aldehydes is 1. The van der Waals surface area contributed by atoms with Crippen LogP contribution in [-0.2, 0) is 16.0 Å². The zero-order chi connectivity index (χ0) is 14.8. The average molecular weight is 290 g/mol. The number of carbonyl (C=O) groups excluding carboxylic acids is 2. The van der Waals surface area contributed by atoms with E-state index in [4.69, 9.17) is 0 Å². The van der Waals surface area contributed by atoms with Crippen LogP contribution in [0.2, 0.25) is 0 Å². The van der Waals surface area contributed by atoms with Crippen LogP contribution in [0.5, 0.6) is 0 Å². The van der Waals surface area contributed by atoms with Crippen LogP contribution >= 0.6 is 11.8 Å². The summed E-state index contributed by atoms with van der Waals surface area (Å²) < 4.78 is 0. The molecule has 2 nitrogen and oxygen atoms in total. The van der Waals surface area contributed by atoms with E-state index in [1.807, 2.05) is 38.1 Å². The van der Waals surface area contributed by atoms with Gasteiger partial charge in [-0.25, -0.2) is 0 Å². The van der Waals surface area contributed by atoms with Crippen molar-refractivity contribution in [3.05, 3.63) is 47.5 Å². The van der Waals surface area contributed by atoms with Crippen LogP contribution < -0.4 is 0 Å². The van der Waals surface area contributed by atoms with E-state index >= 15 is 0 Å². The van der Waals surface area contributed by atoms with E-state index in [1.165, 1.54) is 17.3 Å². The summed E-state index contributed by atoms with van der Waals surface area (Å²) in [6.45, 7) is 3.86. The third-order valence-corrected chi connectivity index (χ3v) is 4.24. The number of hydrogen-bond donors (Lipinski definition) is 0. The van der Waals surface area contributed by atoms with Gasteiger partial charge in [0.05, 0.1) is 0 Å². The van der Waals surface area contributed by atoms with Gasteiger partial charge in [-0.3, -0.25) is 9.59 Å². The van der Waals surface area contributed by atoms with Gasteiger partial charge in [-0.2, -0.15) is 0 Å². The van der Waals surface area contributed by atoms with Crippen molar-refractivity contribution < 1.29 is 9.59 Å². The standard InChI is InChI=1S/C17H22O2S/c1-3-15(16(4-2)13-18)12-17(19)20-11-10-14-8-6-5-7-9-14/h4-9,13,15H,3,10-12H2,1-2H3. The van der Waals surface area contributed by atoms with Crippen LogP contribution in [0, 0.1) is 5.92 Å². The Labute approximate surface area is 125 Å². The number of benzene rings is 1. The first-order valence-electron chi connectivity index (χ1n) is 7.02. The predicted octanol–water partition coefficient (Wildman–Crippen LogP) is 4.05. The molecule has 20 heavy (non-hydrogen) atoms. The van der Waals surface area contributed by atoms with Gasteiger partial charge >= 0.3 is 0 Å². The Kier molecular flexibility index (Phi) is 7.97. The molecule has 0 spiro atoms. The Balaban J connectivity index is 2.37. The van der Waals surface area contributed by atoms with Crippen molar-refractivity contribution in [2.45, 2.75) is 33.1 Å². The molecule has 1 rings (SSSR count). The van der Waals surface area contributed by atoms with Crippen molar-refractivity contribution >= 4 is 23.2 Å². The van der Waals surface area contributed by atoms with Crippen molar-refractivity contribution in [1.29, 1.82) is 0 Å². The normalized spacial score (nSPS) is 13.0. The lowest BCUT2D eigenvalue weighted by atomic mass is 9.94. The Morgan fingerprint density at radius 2 is 2.00 bits per heavy atom. The summed E-state index contributed by atoms with van der Waals surface area (Å²) in [7, 11) is 0. The fourth-order valence-electron chi connectivity index (χ4n) is 2.09. The lowest BCUT2D eigenvalue weighted by molar-refractivity contribution is -0.111. The zero-order valence-corrected chi connectivity index (χ0v) is 13.0. The zero-order valence-electron chi connectivity index (χ0n) is 12.2. The van der Waals surface area contributed by atoms with E-state index < -0.39 is 0 Å². The molecule has 0 saturated heterocycles.